The first kappa shape index (κ1) is 21.1. The molecule has 1 aliphatic rings. The zero-order chi connectivity index (χ0) is 21.2. The maximum Gasteiger partial charge on any atom is 0.416 e. The summed E-state index contributed by atoms with van der Waals surface area (Å²) in [7, 11) is 0. The van der Waals surface area contributed by atoms with Gasteiger partial charge in [-0.05, 0) is 37.0 Å². The van der Waals surface area contributed by atoms with Crippen LogP contribution >= 0.6 is 0 Å². The largest absolute Gasteiger partial charge is 0.416 e. The molecule has 8 heteroatoms. The lowest BCUT2D eigenvalue weighted by Crippen LogP contribution is -2.38. The number of halogens is 3. The molecule has 0 saturated carbocycles. The Balaban J connectivity index is 1.90. The van der Waals surface area contributed by atoms with Gasteiger partial charge >= 0.3 is 6.18 Å². The predicted molar refractivity (Wildman–Crippen MR) is 105 cm³/mol. The number of hydrogen-bond acceptors (Lipinski definition) is 3. The van der Waals surface area contributed by atoms with Crippen molar-refractivity contribution in [1.29, 1.82) is 0 Å². The molecule has 156 valence electrons. The molecular formula is C21H24F3N3O2. The highest BCUT2D eigenvalue weighted by Crippen LogP contribution is 2.30. The van der Waals surface area contributed by atoms with Gasteiger partial charge in [0.25, 0.3) is 5.56 Å². The van der Waals surface area contributed by atoms with Crippen LogP contribution in [0, 0.1) is 5.92 Å². The molecule has 0 aliphatic carbocycles. The van der Waals surface area contributed by atoms with E-state index in [0.29, 0.717) is 24.5 Å². The predicted octanol–water partition coefficient (Wildman–Crippen LogP) is 3.79. The second-order valence-electron chi connectivity index (χ2n) is 7.53. The first-order valence-corrected chi connectivity index (χ1v) is 9.70. The number of amides is 1. The molecular weight excluding hydrogens is 383 g/mol. The van der Waals surface area contributed by atoms with Gasteiger partial charge in [0.15, 0.2) is 0 Å². The molecule has 2 heterocycles. The SMILES string of the molecule is C=CCn1c(=O)c(CCC(=O)N2CCC(C)CC2)nc2cc(C(F)(F)F)ccc21. The number of rotatable bonds is 5. The average molecular weight is 407 g/mol. The lowest BCUT2D eigenvalue weighted by Gasteiger charge is -2.30. The molecule has 3 rings (SSSR count). The molecule has 1 aromatic heterocycles. The monoisotopic (exact) mass is 407 g/mol. The third kappa shape index (κ3) is 4.68. The van der Waals surface area contributed by atoms with Crippen LogP contribution in [0.15, 0.2) is 35.6 Å². The zero-order valence-electron chi connectivity index (χ0n) is 16.3. The first-order valence-electron chi connectivity index (χ1n) is 9.70. The molecule has 0 radical (unpaired) electrons. The number of hydrogen-bond donors (Lipinski definition) is 0. The summed E-state index contributed by atoms with van der Waals surface area (Å²) < 4.78 is 40.6. The molecule has 1 amide bonds. The fourth-order valence-electron chi connectivity index (χ4n) is 3.59. The molecule has 2 aromatic rings. The van der Waals surface area contributed by atoms with Gasteiger partial charge in [0.05, 0.1) is 16.6 Å². The normalized spacial score (nSPS) is 15.7. The van der Waals surface area contributed by atoms with Crippen LogP contribution in [0.2, 0.25) is 0 Å². The average Bonchev–Trinajstić information content (AvgIpc) is 2.68. The molecule has 1 fully saturated rings. The van der Waals surface area contributed by atoms with E-state index in [-0.39, 0.29) is 36.5 Å². The van der Waals surface area contributed by atoms with Crippen LogP contribution in [-0.4, -0.2) is 33.4 Å². The lowest BCUT2D eigenvalue weighted by atomic mass is 9.99. The Kier molecular flexibility index (Phi) is 6.10. The number of carbonyl (C=O) groups is 1. The Morgan fingerprint density at radius 3 is 2.62 bits per heavy atom. The molecule has 5 nitrogen and oxygen atoms in total. The Morgan fingerprint density at radius 1 is 1.31 bits per heavy atom. The van der Waals surface area contributed by atoms with Crippen molar-refractivity contribution in [2.45, 2.75) is 45.3 Å². The van der Waals surface area contributed by atoms with Gasteiger partial charge in [-0.1, -0.05) is 13.0 Å². The second-order valence-corrected chi connectivity index (χ2v) is 7.53. The van der Waals surface area contributed by atoms with Gasteiger partial charge in [-0.2, -0.15) is 13.2 Å². The maximum atomic E-state index is 13.1. The summed E-state index contributed by atoms with van der Waals surface area (Å²) in [4.78, 5) is 31.2. The summed E-state index contributed by atoms with van der Waals surface area (Å²) in [6.45, 7) is 7.30. The number of carbonyl (C=O) groups excluding carboxylic acids is 1. The van der Waals surface area contributed by atoms with E-state index in [1.54, 1.807) is 4.90 Å². The standard InChI is InChI=1S/C21H24F3N3O2/c1-3-10-27-18-6-4-15(21(22,23)24)13-17(18)25-16(20(27)29)5-7-19(28)26-11-8-14(2)9-12-26/h3-4,6,13-14H,1,5,7-12H2,2H3. The van der Waals surface area contributed by atoms with E-state index in [4.69, 9.17) is 0 Å². The van der Waals surface area contributed by atoms with Crippen molar-refractivity contribution in [3.63, 3.8) is 0 Å². The van der Waals surface area contributed by atoms with Crippen LogP contribution < -0.4 is 5.56 Å². The Bertz CT molecular complexity index is 974. The molecule has 1 aromatic carbocycles. The highest BCUT2D eigenvalue weighted by atomic mass is 19.4. The fraction of sp³-hybridized carbons (Fsp3) is 0.476. The van der Waals surface area contributed by atoms with Gasteiger partial charge in [-0.3, -0.25) is 9.59 Å². The Hall–Kier alpha value is -2.64. The van der Waals surface area contributed by atoms with Gasteiger partial charge in [0, 0.05) is 32.5 Å². The molecule has 0 bridgehead atoms. The number of fused-ring (bicyclic) bond motifs is 1. The van der Waals surface area contributed by atoms with E-state index in [1.165, 1.54) is 16.7 Å². The second kappa shape index (κ2) is 8.39. The number of alkyl halides is 3. The summed E-state index contributed by atoms with van der Waals surface area (Å²) in [5.74, 6) is 0.535. The Labute approximate surface area is 166 Å². The van der Waals surface area contributed by atoms with Gasteiger partial charge in [-0.15, -0.1) is 6.58 Å². The van der Waals surface area contributed by atoms with E-state index < -0.39 is 17.3 Å². The quantitative estimate of drug-likeness (QED) is 0.709. The number of aromatic nitrogens is 2. The number of aryl methyl sites for hydroxylation is 1. The number of benzene rings is 1. The van der Waals surface area contributed by atoms with Crippen LogP contribution in [-0.2, 0) is 23.9 Å². The van der Waals surface area contributed by atoms with Gasteiger partial charge in [-0.25, -0.2) is 4.98 Å². The van der Waals surface area contributed by atoms with E-state index in [0.717, 1.165) is 25.0 Å². The molecule has 1 saturated heterocycles. The highest BCUT2D eigenvalue weighted by Gasteiger charge is 2.31. The number of allylic oxidation sites excluding steroid dienone is 1. The number of likely N-dealkylation sites (tertiary alicyclic amines) is 1. The third-order valence-electron chi connectivity index (χ3n) is 5.36. The van der Waals surface area contributed by atoms with Crippen molar-refractivity contribution in [2.75, 3.05) is 13.1 Å². The maximum absolute atomic E-state index is 13.1. The summed E-state index contributed by atoms with van der Waals surface area (Å²) in [5.41, 5.74) is -0.751. The Morgan fingerprint density at radius 2 is 2.00 bits per heavy atom. The highest BCUT2D eigenvalue weighted by molar-refractivity contribution is 5.77. The van der Waals surface area contributed by atoms with Crippen LogP contribution in [0.4, 0.5) is 13.2 Å². The summed E-state index contributed by atoms with van der Waals surface area (Å²) in [6, 6.07) is 3.12. The minimum atomic E-state index is -4.50. The van der Waals surface area contributed by atoms with Crippen molar-refractivity contribution >= 4 is 16.9 Å². The molecule has 0 spiro atoms. The van der Waals surface area contributed by atoms with E-state index >= 15 is 0 Å². The van der Waals surface area contributed by atoms with Gasteiger partial charge < -0.3 is 9.47 Å². The van der Waals surface area contributed by atoms with Crippen molar-refractivity contribution in [1.82, 2.24) is 14.5 Å². The first-order chi connectivity index (χ1) is 13.7. The van der Waals surface area contributed by atoms with Crippen LogP contribution in [0.25, 0.3) is 11.0 Å². The molecule has 29 heavy (non-hydrogen) atoms. The van der Waals surface area contributed by atoms with Crippen LogP contribution in [0.1, 0.15) is 37.4 Å². The van der Waals surface area contributed by atoms with Crippen molar-refractivity contribution in [2.24, 2.45) is 5.92 Å². The van der Waals surface area contributed by atoms with Gasteiger partial charge in [0.2, 0.25) is 5.91 Å². The minimum Gasteiger partial charge on any atom is -0.343 e. The lowest BCUT2D eigenvalue weighted by molar-refractivity contribution is -0.137. The van der Waals surface area contributed by atoms with Crippen LogP contribution in [0.3, 0.4) is 0 Å². The number of piperidine rings is 1. The number of nitrogens with zero attached hydrogens (tertiary/aromatic N) is 3. The van der Waals surface area contributed by atoms with E-state index in [2.05, 4.69) is 18.5 Å². The van der Waals surface area contributed by atoms with E-state index in [1.807, 2.05) is 0 Å². The van der Waals surface area contributed by atoms with Crippen molar-refractivity contribution < 1.29 is 18.0 Å². The van der Waals surface area contributed by atoms with Gasteiger partial charge in [0.1, 0.15) is 5.69 Å². The van der Waals surface area contributed by atoms with E-state index in [9.17, 15) is 22.8 Å². The fourth-order valence-corrected chi connectivity index (χ4v) is 3.59. The van der Waals surface area contributed by atoms with Crippen LogP contribution in [0.5, 0.6) is 0 Å². The molecule has 0 unspecified atom stereocenters. The minimum absolute atomic E-state index is 0.0579. The zero-order valence-corrected chi connectivity index (χ0v) is 16.3. The third-order valence-corrected chi connectivity index (χ3v) is 5.36. The topological polar surface area (TPSA) is 55.2 Å². The smallest absolute Gasteiger partial charge is 0.343 e. The summed E-state index contributed by atoms with van der Waals surface area (Å²) in [6.07, 6.45) is -0.903. The molecule has 0 atom stereocenters. The molecule has 0 N–H and O–H groups in total. The summed E-state index contributed by atoms with van der Waals surface area (Å²) in [5, 5.41) is 0. The summed E-state index contributed by atoms with van der Waals surface area (Å²) >= 11 is 0. The van der Waals surface area contributed by atoms with Crippen molar-refractivity contribution in [3.05, 3.63) is 52.5 Å². The molecule has 1 aliphatic heterocycles. The van der Waals surface area contributed by atoms with Crippen molar-refractivity contribution in [3.8, 4) is 0 Å².